The molecule has 0 radical (unpaired) electrons. The minimum absolute atomic E-state index is 0.312. The van der Waals surface area contributed by atoms with E-state index in [0.29, 0.717) is 17.6 Å². The van der Waals surface area contributed by atoms with Crippen LogP contribution in [0.4, 0.5) is 18.3 Å². The van der Waals surface area contributed by atoms with Crippen LogP contribution in [0.15, 0.2) is 29.6 Å². The Hall–Kier alpha value is -1.93. The molecule has 1 saturated heterocycles. The molecule has 1 aromatic carbocycles. The molecule has 0 bridgehead atoms. The average Bonchev–Trinajstić information content (AvgIpc) is 3.01. The van der Waals surface area contributed by atoms with Crippen LogP contribution >= 0.6 is 11.3 Å². The SMILES string of the molecule is CC1CCCN(Cc2csc(NC(=O)c3ccccc3C(F)(F)F)n2)C1. The van der Waals surface area contributed by atoms with Crippen LogP contribution in [-0.2, 0) is 12.7 Å². The zero-order valence-electron chi connectivity index (χ0n) is 14.3. The second kappa shape index (κ2) is 7.75. The van der Waals surface area contributed by atoms with Gasteiger partial charge in [0.2, 0.25) is 0 Å². The zero-order chi connectivity index (χ0) is 18.7. The quantitative estimate of drug-likeness (QED) is 0.836. The first kappa shape index (κ1) is 18.8. The van der Waals surface area contributed by atoms with Crippen molar-refractivity contribution in [2.75, 3.05) is 18.4 Å². The largest absolute Gasteiger partial charge is 0.417 e. The lowest BCUT2D eigenvalue weighted by Gasteiger charge is -2.30. The van der Waals surface area contributed by atoms with Gasteiger partial charge in [0.25, 0.3) is 5.91 Å². The fourth-order valence-electron chi connectivity index (χ4n) is 3.19. The van der Waals surface area contributed by atoms with E-state index in [2.05, 4.69) is 22.1 Å². The summed E-state index contributed by atoms with van der Waals surface area (Å²) >= 11 is 1.22. The van der Waals surface area contributed by atoms with Gasteiger partial charge in [-0.05, 0) is 37.4 Å². The summed E-state index contributed by atoms with van der Waals surface area (Å²) in [6.45, 7) is 4.94. The van der Waals surface area contributed by atoms with Crippen LogP contribution in [0, 0.1) is 5.92 Å². The molecule has 2 heterocycles. The third-order valence-corrected chi connectivity index (χ3v) is 5.18. The average molecular weight is 383 g/mol. The lowest BCUT2D eigenvalue weighted by Crippen LogP contribution is -2.33. The Balaban J connectivity index is 1.67. The molecule has 1 atom stereocenters. The highest BCUT2D eigenvalue weighted by molar-refractivity contribution is 7.14. The van der Waals surface area contributed by atoms with Gasteiger partial charge >= 0.3 is 6.18 Å². The van der Waals surface area contributed by atoms with Crippen molar-refractivity contribution in [3.63, 3.8) is 0 Å². The summed E-state index contributed by atoms with van der Waals surface area (Å²) in [4.78, 5) is 18.9. The van der Waals surface area contributed by atoms with E-state index in [0.717, 1.165) is 31.3 Å². The number of halogens is 3. The number of nitrogens with one attached hydrogen (secondary N) is 1. The maximum Gasteiger partial charge on any atom is 0.417 e. The summed E-state index contributed by atoms with van der Waals surface area (Å²) < 4.78 is 39.1. The highest BCUT2D eigenvalue weighted by Crippen LogP contribution is 2.32. The monoisotopic (exact) mass is 383 g/mol. The fourth-order valence-corrected chi connectivity index (χ4v) is 3.89. The second-order valence-electron chi connectivity index (χ2n) is 6.62. The maximum absolute atomic E-state index is 13.0. The second-order valence-corrected chi connectivity index (χ2v) is 7.48. The van der Waals surface area contributed by atoms with E-state index in [1.807, 2.05) is 5.38 Å². The van der Waals surface area contributed by atoms with Gasteiger partial charge in [0, 0.05) is 18.5 Å². The summed E-state index contributed by atoms with van der Waals surface area (Å²) in [5.41, 5.74) is -0.526. The molecule has 1 N–H and O–H groups in total. The number of likely N-dealkylation sites (tertiary alicyclic amines) is 1. The molecule has 4 nitrogen and oxygen atoms in total. The van der Waals surface area contributed by atoms with Crippen molar-refractivity contribution in [2.45, 2.75) is 32.5 Å². The first-order valence-corrected chi connectivity index (χ1v) is 9.35. The van der Waals surface area contributed by atoms with Crippen LogP contribution in [0.2, 0.25) is 0 Å². The number of rotatable bonds is 4. The minimum atomic E-state index is -4.58. The number of alkyl halides is 3. The predicted molar refractivity (Wildman–Crippen MR) is 95.2 cm³/mol. The van der Waals surface area contributed by atoms with E-state index >= 15 is 0 Å². The molecule has 1 aliphatic rings. The Bertz CT molecular complexity index is 775. The van der Waals surface area contributed by atoms with E-state index in [1.165, 1.54) is 36.0 Å². The van der Waals surface area contributed by atoms with E-state index in [4.69, 9.17) is 0 Å². The van der Waals surface area contributed by atoms with Gasteiger partial charge in [-0.3, -0.25) is 15.0 Å². The van der Waals surface area contributed by atoms with Crippen molar-refractivity contribution in [3.05, 3.63) is 46.5 Å². The van der Waals surface area contributed by atoms with Crippen LogP contribution < -0.4 is 5.32 Å². The number of hydrogen-bond acceptors (Lipinski definition) is 4. The molecule has 1 unspecified atom stereocenters. The molecule has 0 spiro atoms. The molecule has 26 heavy (non-hydrogen) atoms. The lowest BCUT2D eigenvalue weighted by molar-refractivity contribution is -0.137. The Morgan fingerprint density at radius 2 is 2.15 bits per heavy atom. The van der Waals surface area contributed by atoms with Crippen LogP contribution in [0.3, 0.4) is 0 Å². The van der Waals surface area contributed by atoms with Gasteiger partial charge in [-0.15, -0.1) is 11.3 Å². The van der Waals surface area contributed by atoms with Crippen LogP contribution in [0.25, 0.3) is 0 Å². The molecule has 1 amide bonds. The van der Waals surface area contributed by atoms with E-state index < -0.39 is 23.2 Å². The molecule has 1 aromatic heterocycles. The topological polar surface area (TPSA) is 45.2 Å². The van der Waals surface area contributed by atoms with Crippen molar-refractivity contribution in [3.8, 4) is 0 Å². The van der Waals surface area contributed by atoms with Crippen molar-refractivity contribution in [1.82, 2.24) is 9.88 Å². The van der Waals surface area contributed by atoms with Crippen molar-refractivity contribution >= 4 is 22.4 Å². The van der Waals surface area contributed by atoms with Crippen LogP contribution in [0.1, 0.15) is 41.4 Å². The van der Waals surface area contributed by atoms with Gasteiger partial charge in [0.05, 0.1) is 16.8 Å². The normalized spacial score (nSPS) is 18.7. The van der Waals surface area contributed by atoms with E-state index in [-0.39, 0.29) is 0 Å². The molecule has 1 fully saturated rings. The highest BCUT2D eigenvalue weighted by Gasteiger charge is 2.35. The Labute approximate surface area is 154 Å². The van der Waals surface area contributed by atoms with Crippen molar-refractivity contribution in [2.24, 2.45) is 5.92 Å². The van der Waals surface area contributed by atoms with E-state index in [1.54, 1.807) is 0 Å². The molecule has 0 aliphatic carbocycles. The van der Waals surface area contributed by atoms with Gasteiger partial charge < -0.3 is 0 Å². The molecule has 0 saturated carbocycles. The Kier molecular flexibility index (Phi) is 5.62. The summed E-state index contributed by atoms with van der Waals surface area (Å²) in [6, 6.07) is 4.75. The molecule has 3 rings (SSSR count). The number of carbonyl (C=O) groups is 1. The maximum atomic E-state index is 13.0. The van der Waals surface area contributed by atoms with Crippen LogP contribution in [-0.4, -0.2) is 28.9 Å². The smallest absolute Gasteiger partial charge is 0.298 e. The number of thiazole rings is 1. The number of hydrogen-bond donors (Lipinski definition) is 1. The van der Waals surface area contributed by atoms with Gasteiger partial charge in [-0.2, -0.15) is 13.2 Å². The summed E-state index contributed by atoms with van der Waals surface area (Å²) in [6.07, 6.45) is -2.19. The Morgan fingerprint density at radius 1 is 1.38 bits per heavy atom. The van der Waals surface area contributed by atoms with Gasteiger partial charge in [-0.1, -0.05) is 19.1 Å². The van der Waals surface area contributed by atoms with E-state index in [9.17, 15) is 18.0 Å². The standard InChI is InChI=1S/C18H20F3N3OS/c1-12-5-4-8-24(9-12)10-13-11-26-17(22-13)23-16(25)14-6-2-3-7-15(14)18(19,20)21/h2-3,6-7,11-12H,4-5,8-10H2,1H3,(H,22,23,25). The molecule has 2 aromatic rings. The van der Waals surface area contributed by atoms with Gasteiger partial charge in [0.1, 0.15) is 0 Å². The fraction of sp³-hybridized carbons (Fsp3) is 0.444. The molecule has 8 heteroatoms. The summed E-state index contributed by atoms with van der Waals surface area (Å²) in [5.74, 6) is -0.147. The molecular weight excluding hydrogens is 363 g/mol. The van der Waals surface area contributed by atoms with Crippen molar-refractivity contribution < 1.29 is 18.0 Å². The van der Waals surface area contributed by atoms with Gasteiger partial charge in [-0.25, -0.2) is 4.98 Å². The number of carbonyl (C=O) groups excluding carboxylic acids is 1. The van der Waals surface area contributed by atoms with Crippen LogP contribution in [0.5, 0.6) is 0 Å². The summed E-state index contributed by atoms with van der Waals surface area (Å²) in [5, 5.41) is 4.64. The predicted octanol–water partition coefficient (Wildman–Crippen LogP) is 4.65. The first-order chi connectivity index (χ1) is 12.3. The number of anilines is 1. The molecule has 1 aliphatic heterocycles. The number of piperidine rings is 1. The first-order valence-electron chi connectivity index (χ1n) is 8.47. The number of amides is 1. The number of aromatic nitrogens is 1. The number of benzene rings is 1. The van der Waals surface area contributed by atoms with Gasteiger partial charge in [0.15, 0.2) is 5.13 Å². The zero-order valence-corrected chi connectivity index (χ0v) is 15.2. The Morgan fingerprint density at radius 3 is 2.88 bits per heavy atom. The lowest BCUT2D eigenvalue weighted by atomic mass is 10.0. The third kappa shape index (κ3) is 4.62. The minimum Gasteiger partial charge on any atom is -0.298 e. The summed E-state index contributed by atoms with van der Waals surface area (Å²) in [7, 11) is 0. The number of nitrogens with zero attached hydrogens (tertiary/aromatic N) is 2. The third-order valence-electron chi connectivity index (χ3n) is 4.38. The highest BCUT2D eigenvalue weighted by atomic mass is 32.1. The van der Waals surface area contributed by atoms with Crippen molar-refractivity contribution in [1.29, 1.82) is 0 Å². The molecular formula is C18H20F3N3OS. The molecule has 140 valence electrons.